The molecule has 2 aliphatic carbocycles. The fourth-order valence-electron chi connectivity index (χ4n) is 4.75. The lowest BCUT2D eigenvalue weighted by Gasteiger charge is -2.29. The van der Waals surface area contributed by atoms with Gasteiger partial charge in [-0.3, -0.25) is 4.68 Å². The highest BCUT2D eigenvalue weighted by molar-refractivity contribution is 5.56. The van der Waals surface area contributed by atoms with Crippen LogP contribution in [-0.4, -0.2) is 19.9 Å². The summed E-state index contributed by atoms with van der Waals surface area (Å²) in [5, 5.41) is 17.9. The van der Waals surface area contributed by atoms with Gasteiger partial charge in [0.15, 0.2) is 11.5 Å². The molecule has 152 valence electrons. The number of hydrogen-bond donors (Lipinski definition) is 0. The lowest BCUT2D eigenvalue weighted by molar-refractivity contribution is 0.306. The zero-order valence-electron chi connectivity index (χ0n) is 18.0. The van der Waals surface area contributed by atoms with E-state index >= 15 is 0 Å². The molecule has 0 bridgehead atoms. The van der Waals surface area contributed by atoms with E-state index in [2.05, 4.69) is 45.0 Å². The van der Waals surface area contributed by atoms with Crippen molar-refractivity contribution in [3.05, 3.63) is 39.9 Å². The number of allylic oxidation sites excluding steroid dienone is 4. The Labute approximate surface area is 172 Å². The Morgan fingerprint density at radius 2 is 2.14 bits per heavy atom. The number of fused-ring (bicyclic) bond motifs is 1. The molecule has 2 aliphatic rings. The summed E-state index contributed by atoms with van der Waals surface area (Å²) in [5.74, 6) is 1.35. The van der Waals surface area contributed by atoms with E-state index in [1.807, 2.05) is 11.7 Å². The fraction of sp³-hybridized carbons (Fsp3) is 0.565. The van der Waals surface area contributed by atoms with Crippen LogP contribution in [0, 0.1) is 16.7 Å². The van der Waals surface area contributed by atoms with E-state index in [0.29, 0.717) is 23.6 Å². The van der Waals surface area contributed by atoms with Crippen LogP contribution in [0.15, 0.2) is 27.3 Å². The second kappa shape index (κ2) is 7.29. The molecule has 0 saturated carbocycles. The lowest BCUT2D eigenvalue weighted by atomic mass is 9.76. The SMILES string of the molecule is CC1=CC(c2noc(-c3nn(C)c4c3CCC(C)(C)C4)n2)CC(C)=C1CCC#N. The Bertz CT molecular complexity index is 1040. The molecule has 2 aromatic rings. The van der Waals surface area contributed by atoms with Gasteiger partial charge in [-0.05, 0) is 56.9 Å². The minimum Gasteiger partial charge on any atom is -0.332 e. The highest BCUT2D eigenvalue weighted by Crippen LogP contribution is 2.39. The van der Waals surface area contributed by atoms with Crippen molar-refractivity contribution in [3.63, 3.8) is 0 Å². The highest BCUT2D eigenvalue weighted by atomic mass is 16.5. The molecule has 0 aliphatic heterocycles. The molecule has 2 heterocycles. The minimum atomic E-state index is 0.108. The van der Waals surface area contributed by atoms with Gasteiger partial charge in [-0.25, -0.2) is 0 Å². The lowest BCUT2D eigenvalue weighted by Crippen LogP contribution is -2.23. The van der Waals surface area contributed by atoms with Crippen molar-refractivity contribution in [2.75, 3.05) is 0 Å². The van der Waals surface area contributed by atoms with Crippen LogP contribution in [0.5, 0.6) is 0 Å². The van der Waals surface area contributed by atoms with E-state index in [4.69, 9.17) is 19.9 Å². The van der Waals surface area contributed by atoms with Crippen molar-refractivity contribution >= 4 is 0 Å². The van der Waals surface area contributed by atoms with Gasteiger partial charge in [0.2, 0.25) is 0 Å². The minimum absolute atomic E-state index is 0.108. The van der Waals surface area contributed by atoms with Crippen LogP contribution in [-0.2, 0) is 19.9 Å². The van der Waals surface area contributed by atoms with Gasteiger partial charge in [0, 0.05) is 30.6 Å². The van der Waals surface area contributed by atoms with Crippen molar-refractivity contribution in [3.8, 4) is 17.7 Å². The third-order valence-corrected chi connectivity index (χ3v) is 6.40. The van der Waals surface area contributed by atoms with E-state index in [1.165, 1.54) is 28.0 Å². The van der Waals surface area contributed by atoms with Crippen molar-refractivity contribution in [1.82, 2.24) is 19.9 Å². The van der Waals surface area contributed by atoms with Gasteiger partial charge in [-0.1, -0.05) is 36.2 Å². The topological polar surface area (TPSA) is 80.5 Å². The van der Waals surface area contributed by atoms with Crippen molar-refractivity contribution in [2.24, 2.45) is 12.5 Å². The first-order chi connectivity index (χ1) is 13.8. The first kappa shape index (κ1) is 19.6. The second-order valence-corrected chi connectivity index (χ2v) is 9.27. The molecule has 2 aromatic heterocycles. The molecular formula is C23H29N5O. The molecule has 0 fully saturated rings. The molecule has 1 unspecified atom stereocenters. The van der Waals surface area contributed by atoms with Crippen LogP contribution < -0.4 is 0 Å². The largest absolute Gasteiger partial charge is 0.332 e. The third kappa shape index (κ3) is 3.66. The Morgan fingerprint density at radius 1 is 1.34 bits per heavy atom. The van der Waals surface area contributed by atoms with E-state index in [0.717, 1.165) is 37.8 Å². The summed E-state index contributed by atoms with van der Waals surface area (Å²) < 4.78 is 7.65. The summed E-state index contributed by atoms with van der Waals surface area (Å²) in [7, 11) is 2.01. The van der Waals surface area contributed by atoms with Gasteiger partial charge in [0.1, 0.15) is 0 Å². The van der Waals surface area contributed by atoms with Gasteiger partial charge >= 0.3 is 0 Å². The molecule has 6 heteroatoms. The van der Waals surface area contributed by atoms with Crippen LogP contribution in [0.25, 0.3) is 11.6 Å². The zero-order chi connectivity index (χ0) is 20.8. The Hall–Kier alpha value is -2.68. The van der Waals surface area contributed by atoms with E-state index in [9.17, 15) is 0 Å². The predicted octanol–water partition coefficient (Wildman–Crippen LogP) is 5.04. The number of nitrogens with zero attached hydrogens (tertiary/aromatic N) is 5. The summed E-state index contributed by atoms with van der Waals surface area (Å²) in [5.41, 5.74) is 7.52. The third-order valence-electron chi connectivity index (χ3n) is 6.40. The molecule has 0 N–H and O–H groups in total. The van der Waals surface area contributed by atoms with Crippen LogP contribution in [0.1, 0.15) is 76.4 Å². The molecule has 0 saturated heterocycles. The second-order valence-electron chi connectivity index (χ2n) is 9.27. The number of hydrogen-bond acceptors (Lipinski definition) is 5. The summed E-state index contributed by atoms with van der Waals surface area (Å²) in [4.78, 5) is 4.74. The van der Waals surface area contributed by atoms with Gasteiger partial charge < -0.3 is 4.52 Å². The van der Waals surface area contributed by atoms with Gasteiger partial charge in [-0.15, -0.1) is 0 Å². The maximum absolute atomic E-state index is 8.89. The summed E-state index contributed by atoms with van der Waals surface area (Å²) in [6.07, 6.45) is 7.60. The summed E-state index contributed by atoms with van der Waals surface area (Å²) >= 11 is 0. The first-order valence-electron chi connectivity index (χ1n) is 10.4. The predicted molar refractivity (Wildman–Crippen MR) is 111 cm³/mol. The Kier molecular flexibility index (Phi) is 4.94. The van der Waals surface area contributed by atoms with Crippen LogP contribution in [0.4, 0.5) is 0 Å². The zero-order valence-corrected chi connectivity index (χ0v) is 18.0. The average Bonchev–Trinajstić information content (AvgIpc) is 3.25. The number of aryl methyl sites for hydroxylation is 1. The average molecular weight is 392 g/mol. The number of aromatic nitrogens is 4. The van der Waals surface area contributed by atoms with Gasteiger partial charge in [0.05, 0.1) is 6.07 Å². The van der Waals surface area contributed by atoms with Gasteiger partial charge in [-0.2, -0.15) is 15.3 Å². The molecule has 6 nitrogen and oxygen atoms in total. The van der Waals surface area contributed by atoms with Crippen molar-refractivity contribution in [1.29, 1.82) is 5.26 Å². The molecule has 0 radical (unpaired) electrons. The maximum Gasteiger partial charge on any atom is 0.278 e. The molecule has 0 amide bonds. The van der Waals surface area contributed by atoms with Gasteiger partial charge in [0.25, 0.3) is 5.89 Å². The molecular weight excluding hydrogens is 362 g/mol. The highest BCUT2D eigenvalue weighted by Gasteiger charge is 2.32. The molecule has 4 rings (SSSR count). The number of rotatable bonds is 4. The van der Waals surface area contributed by atoms with Crippen molar-refractivity contribution in [2.45, 2.75) is 72.1 Å². The Balaban J connectivity index is 1.60. The van der Waals surface area contributed by atoms with Crippen LogP contribution in [0.2, 0.25) is 0 Å². The summed E-state index contributed by atoms with van der Waals surface area (Å²) in [6, 6.07) is 2.24. The van der Waals surface area contributed by atoms with E-state index < -0.39 is 0 Å². The normalized spacial score (nSPS) is 21.0. The van der Waals surface area contributed by atoms with E-state index in [-0.39, 0.29) is 5.92 Å². The van der Waals surface area contributed by atoms with Crippen molar-refractivity contribution < 1.29 is 4.52 Å². The Morgan fingerprint density at radius 3 is 2.86 bits per heavy atom. The number of nitriles is 1. The fourth-order valence-corrected chi connectivity index (χ4v) is 4.75. The first-order valence-corrected chi connectivity index (χ1v) is 10.4. The van der Waals surface area contributed by atoms with E-state index in [1.54, 1.807) is 0 Å². The molecule has 29 heavy (non-hydrogen) atoms. The molecule has 0 spiro atoms. The van der Waals surface area contributed by atoms with Crippen LogP contribution in [0.3, 0.4) is 0 Å². The maximum atomic E-state index is 8.89. The molecule has 1 atom stereocenters. The molecule has 0 aromatic carbocycles. The standard InChI is InChI=1S/C23H29N5O/c1-14-11-16(12-15(2)17(14)7-6-10-24)21-25-22(29-27-21)20-18-8-9-23(3,4)13-19(18)28(5)26-20/h11,16H,6-9,12-13H2,1-5H3. The quantitative estimate of drug-likeness (QED) is 0.729. The monoisotopic (exact) mass is 391 g/mol. The summed E-state index contributed by atoms with van der Waals surface area (Å²) in [6.45, 7) is 8.88. The smallest absolute Gasteiger partial charge is 0.278 e. The van der Waals surface area contributed by atoms with Crippen LogP contribution >= 0.6 is 0 Å².